The summed E-state index contributed by atoms with van der Waals surface area (Å²) >= 11 is 0. The molecule has 0 aromatic heterocycles. The highest BCUT2D eigenvalue weighted by Crippen LogP contribution is 2.36. The fraction of sp³-hybridized carbons (Fsp3) is 0.500. The first-order chi connectivity index (χ1) is 8.04. The molecule has 1 fully saturated rings. The molecule has 1 heterocycles. The Bertz CT molecular complexity index is 386. The van der Waals surface area contributed by atoms with Crippen LogP contribution in [0.4, 0.5) is 13.2 Å². The Labute approximate surface area is 98.2 Å². The van der Waals surface area contributed by atoms with Gasteiger partial charge in [-0.15, -0.1) is 0 Å². The third-order valence-electron chi connectivity index (χ3n) is 3.18. The van der Waals surface area contributed by atoms with Gasteiger partial charge < -0.3 is 5.73 Å². The molecule has 1 aromatic carbocycles. The van der Waals surface area contributed by atoms with Gasteiger partial charge in [-0.2, -0.15) is 13.2 Å². The van der Waals surface area contributed by atoms with E-state index in [4.69, 9.17) is 5.73 Å². The van der Waals surface area contributed by atoms with Gasteiger partial charge >= 0.3 is 6.18 Å². The van der Waals surface area contributed by atoms with E-state index in [9.17, 15) is 13.2 Å². The monoisotopic (exact) mass is 244 g/mol. The van der Waals surface area contributed by atoms with Crippen molar-refractivity contribution < 1.29 is 13.2 Å². The normalized spacial score (nSPS) is 18.8. The quantitative estimate of drug-likeness (QED) is 0.884. The molecule has 1 atom stereocenters. The Morgan fingerprint density at radius 1 is 1.24 bits per heavy atom. The van der Waals surface area contributed by atoms with Crippen molar-refractivity contribution in [1.29, 1.82) is 0 Å². The standard InChI is InChI=1S/C12H15F3N2/c13-12(14,15)10-5-2-1-4-9(10)11(8-16)17-6-3-7-17/h1-2,4-5,11H,3,6-8,16H2. The average molecular weight is 244 g/mol. The first-order valence-electron chi connectivity index (χ1n) is 5.64. The van der Waals surface area contributed by atoms with Crippen molar-refractivity contribution in [3.63, 3.8) is 0 Å². The fourth-order valence-electron chi connectivity index (χ4n) is 2.17. The number of benzene rings is 1. The van der Waals surface area contributed by atoms with Crippen molar-refractivity contribution in [3.05, 3.63) is 35.4 Å². The average Bonchev–Trinajstić information content (AvgIpc) is 2.22. The highest BCUT2D eigenvalue weighted by Gasteiger charge is 2.36. The molecule has 0 saturated carbocycles. The predicted octanol–water partition coefficient (Wildman–Crippen LogP) is 2.41. The largest absolute Gasteiger partial charge is 0.416 e. The van der Waals surface area contributed by atoms with Crippen LogP contribution in [0.2, 0.25) is 0 Å². The molecule has 2 N–H and O–H groups in total. The van der Waals surface area contributed by atoms with Gasteiger partial charge in [0.15, 0.2) is 0 Å². The van der Waals surface area contributed by atoms with E-state index in [0.717, 1.165) is 25.6 Å². The summed E-state index contributed by atoms with van der Waals surface area (Å²) in [5, 5.41) is 0. The lowest BCUT2D eigenvalue weighted by Crippen LogP contribution is -2.43. The Balaban J connectivity index is 2.35. The smallest absolute Gasteiger partial charge is 0.329 e. The summed E-state index contributed by atoms with van der Waals surface area (Å²) < 4.78 is 38.6. The molecule has 1 aromatic rings. The third kappa shape index (κ3) is 2.45. The maximum Gasteiger partial charge on any atom is 0.416 e. The molecule has 1 saturated heterocycles. The van der Waals surface area contributed by atoms with Crippen LogP contribution in [-0.2, 0) is 6.18 Å². The Morgan fingerprint density at radius 2 is 1.88 bits per heavy atom. The minimum atomic E-state index is -4.31. The molecule has 2 nitrogen and oxygen atoms in total. The van der Waals surface area contributed by atoms with Crippen LogP contribution in [0.25, 0.3) is 0 Å². The van der Waals surface area contributed by atoms with E-state index in [1.807, 2.05) is 4.90 Å². The minimum absolute atomic E-state index is 0.215. The second-order valence-electron chi connectivity index (χ2n) is 4.23. The van der Waals surface area contributed by atoms with Crippen molar-refractivity contribution in [1.82, 2.24) is 4.90 Å². The van der Waals surface area contributed by atoms with E-state index in [-0.39, 0.29) is 12.6 Å². The molecule has 17 heavy (non-hydrogen) atoms. The topological polar surface area (TPSA) is 29.3 Å². The maximum atomic E-state index is 12.9. The maximum absolute atomic E-state index is 12.9. The first-order valence-corrected chi connectivity index (χ1v) is 5.64. The number of halogens is 3. The lowest BCUT2D eigenvalue weighted by molar-refractivity contribution is -0.138. The van der Waals surface area contributed by atoms with E-state index >= 15 is 0 Å². The molecule has 5 heteroatoms. The molecule has 0 radical (unpaired) electrons. The van der Waals surface area contributed by atoms with Gasteiger partial charge in [-0.3, -0.25) is 4.90 Å². The summed E-state index contributed by atoms with van der Waals surface area (Å²) in [6, 6.07) is 5.38. The van der Waals surface area contributed by atoms with Crippen molar-refractivity contribution in [2.24, 2.45) is 5.73 Å². The molecule has 0 spiro atoms. The van der Waals surface area contributed by atoms with E-state index < -0.39 is 11.7 Å². The van der Waals surface area contributed by atoms with Gasteiger partial charge in [0.2, 0.25) is 0 Å². The summed E-state index contributed by atoms with van der Waals surface area (Å²) in [6.07, 6.45) is -3.28. The molecular weight excluding hydrogens is 229 g/mol. The molecule has 94 valence electrons. The third-order valence-corrected chi connectivity index (χ3v) is 3.18. The Morgan fingerprint density at radius 3 is 2.35 bits per heavy atom. The summed E-state index contributed by atoms with van der Waals surface area (Å²) in [5.74, 6) is 0. The van der Waals surface area contributed by atoms with E-state index in [1.54, 1.807) is 6.07 Å². The molecule has 0 aliphatic carbocycles. The SMILES string of the molecule is NCC(c1ccccc1C(F)(F)F)N1CCC1. The number of hydrogen-bond acceptors (Lipinski definition) is 2. The van der Waals surface area contributed by atoms with Crippen LogP contribution >= 0.6 is 0 Å². The molecule has 0 bridgehead atoms. The van der Waals surface area contributed by atoms with Gasteiger partial charge in [-0.05, 0) is 18.1 Å². The van der Waals surface area contributed by atoms with Crippen LogP contribution in [0, 0.1) is 0 Å². The van der Waals surface area contributed by atoms with Gasteiger partial charge in [-0.25, -0.2) is 0 Å². The lowest BCUT2D eigenvalue weighted by atomic mass is 9.96. The molecule has 1 aliphatic heterocycles. The summed E-state index contributed by atoms with van der Waals surface area (Å²) in [5.41, 5.74) is 5.34. The number of rotatable bonds is 3. The van der Waals surface area contributed by atoms with Crippen LogP contribution < -0.4 is 5.73 Å². The number of alkyl halides is 3. The predicted molar refractivity (Wildman–Crippen MR) is 59.4 cm³/mol. The van der Waals surface area contributed by atoms with Gasteiger partial charge in [-0.1, -0.05) is 18.2 Å². The number of nitrogens with zero attached hydrogens (tertiary/aromatic N) is 1. The summed E-state index contributed by atoms with van der Waals surface area (Å²) in [6.45, 7) is 1.87. The molecule has 0 amide bonds. The minimum Gasteiger partial charge on any atom is -0.329 e. The van der Waals surface area contributed by atoms with Crippen LogP contribution in [0.1, 0.15) is 23.6 Å². The second-order valence-corrected chi connectivity index (χ2v) is 4.23. The number of nitrogens with two attached hydrogens (primary N) is 1. The van der Waals surface area contributed by atoms with Crippen molar-refractivity contribution in [2.45, 2.75) is 18.6 Å². The molecule has 1 unspecified atom stereocenters. The van der Waals surface area contributed by atoms with Crippen molar-refractivity contribution in [2.75, 3.05) is 19.6 Å². The van der Waals surface area contributed by atoms with E-state index in [2.05, 4.69) is 0 Å². The van der Waals surface area contributed by atoms with Crippen LogP contribution in [-0.4, -0.2) is 24.5 Å². The Kier molecular flexibility index (Phi) is 3.40. The highest BCUT2D eigenvalue weighted by molar-refractivity contribution is 5.33. The number of likely N-dealkylation sites (tertiary alicyclic amines) is 1. The van der Waals surface area contributed by atoms with Crippen LogP contribution in [0.3, 0.4) is 0 Å². The molecule has 2 rings (SSSR count). The zero-order valence-corrected chi connectivity index (χ0v) is 9.37. The van der Waals surface area contributed by atoms with Crippen LogP contribution in [0.5, 0.6) is 0 Å². The second kappa shape index (κ2) is 4.66. The summed E-state index contributed by atoms with van der Waals surface area (Å²) in [7, 11) is 0. The van der Waals surface area contributed by atoms with Gasteiger partial charge in [0.25, 0.3) is 0 Å². The zero-order valence-electron chi connectivity index (χ0n) is 9.37. The zero-order chi connectivity index (χ0) is 12.5. The van der Waals surface area contributed by atoms with Gasteiger partial charge in [0.1, 0.15) is 0 Å². The van der Waals surface area contributed by atoms with Gasteiger partial charge in [0, 0.05) is 25.7 Å². The Hall–Kier alpha value is -1.07. The van der Waals surface area contributed by atoms with Crippen molar-refractivity contribution >= 4 is 0 Å². The lowest BCUT2D eigenvalue weighted by Gasteiger charge is -2.38. The number of hydrogen-bond donors (Lipinski definition) is 1. The molecule has 1 aliphatic rings. The first kappa shape index (κ1) is 12.4. The van der Waals surface area contributed by atoms with E-state index in [0.29, 0.717) is 5.56 Å². The fourth-order valence-corrected chi connectivity index (χ4v) is 2.17. The highest BCUT2D eigenvalue weighted by atomic mass is 19.4. The summed E-state index contributed by atoms with van der Waals surface area (Å²) in [4.78, 5) is 1.99. The van der Waals surface area contributed by atoms with E-state index in [1.165, 1.54) is 12.1 Å². The van der Waals surface area contributed by atoms with Gasteiger partial charge in [0.05, 0.1) is 5.56 Å². The molecular formula is C12H15F3N2. The van der Waals surface area contributed by atoms with Crippen LogP contribution in [0.15, 0.2) is 24.3 Å². The van der Waals surface area contributed by atoms with Crippen molar-refractivity contribution in [3.8, 4) is 0 Å².